The standard InChI is InChI=1S/C23H26N4O2/c1-16-8-9-20(12-17(16)2)29-22-13-18(10-11-25-22)14-26-23(24)27-21-7-5-4-6-19(21)15-28-3/h4-13H,14-15H2,1-3H3,(H3,24,26,27). The Morgan fingerprint density at radius 1 is 1.07 bits per heavy atom. The fourth-order valence-corrected chi connectivity index (χ4v) is 2.78. The predicted octanol–water partition coefficient (Wildman–Crippen LogP) is 4.56. The van der Waals surface area contributed by atoms with Crippen LogP contribution in [0.15, 0.2) is 65.8 Å². The maximum absolute atomic E-state index is 6.06. The van der Waals surface area contributed by atoms with E-state index in [0.29, 0.717) is 25.0 Å². The van der Waals surface area contributed by atoms with Crippen LogP contribution in [0.4, 0.5) is 5.69 Å². The minimum Gasteiger partial charge on any atom is -0.439 e. The van der Waals surface area contributed by atoms with Crippen molar-refractivity contribution in [2.24, 2.45) is 10.7 Å². The van der Waals surface area contributed by atoms with Crippen LogP contribution in [-0.2, 0) is 17.9 Å². The zero-order chi connectivity index (χ0) is 20.6. The molecule has 6 nitrogen and oxygen atoms in total. The zero-order valence-electron chi connectivity index (χ0n) is 17.0. The lowest BCUT2D eigenvalue weighted by Gasteiger charge is -2.11. The van der Waals surface area contributed by atoms with E-state index < -0.39 is 0 Å². The van der Waals surface area contributed by atoms with Crippen LogP contribution in [0.2, 0.25) is 0 Å². The monoisotopic (exact) mass is 390 g/mol. The van der Waals surface area contributed by atoms with Crippen LogP contribution < -0.4 is 15.8 Å². The van der Waals surface area contributed by atoms with Gasteiger partial charge >= 0.3 is 0 Å². The highest BCUT2D eigenvalue weighted by Gasteiger charge is 2.04. The lowest BCUT2D eigenvalue weighted by Crippen LogP contribution is -2.23. The van der Waals surface area contributed by atoms with Crippen LogP contribution in [0.3, 0.4) is 0 Å². The smallest absolute Gasteiger partial charge is 0.219 e. The fraction of sp³-hybridized carbons (Fsp3) is 0.217. The summed E-state index contributed by atoms with van der Waals surface area (Å²) in [7, 11) is 1.66. The van der Waals surface area contributed by atoms with Gasteiger partial charge in [0.05, 0.1) is 13.2 Å². The van der Waals surface area contributed by atoms with Gasteiger partial charge in [-0.05, 0) is 54.8 Å². The molecule has 1 aromatic heterocycles. The third-order valence-electron chi connectivity index (χ3n) is 4.51. The summed E-state index contributed by atoms with van der Waals surface area (Å²) in [6, 6.07) is 17.6. The molecule has 0 atom stereocenters. The molecule has 0 radical (unpaired) electrons. The third kappa shape index (κ3) is 5.80. The average Bonchev–Trinajstić information content (AvgIpc) is 2.71. The van der Waals surface area contributed by atoms with E-state index in [1.165, 1.54) is 11.1 Å². The van der Waals surface area contributed by atoms with E-state index >= 15 is 0 Å². The topological polar surface area (TPSA) is 81.8 Å². The number of aliphatic imine (C=N–C) groups is 1. The van der Waals surface area contributed by atoms with E-state index in [9.17, 15) is 0 Å². The Kier molecular flexibility index (Phi) is 6.81. The average molecular weight is 390 g/mol. The molecule has 1 heterocycles. The minimum absolute atomic E-state index is 0.335. The Hall–Kier alpha value is -3.38. The van der Waals surface area contributed by atoms with Crippen molar-refractivity contribution in [1.29, 1.82) is 0 Å². The first-order valence-electron chi connectivity index (χ1n) is 9.39. The third-order valence-corrected chi connectivity index (χ3v) is 4.51. The second kappa shape index (κ2) is 9.71. The fourth-order valence-electron chi connectivity index (χ4n) is 2.78. The summed E-state index contributed by atoms with van der Waals surface area (Å²) in [6.45, 7) is 5.04. The Labute approximate surface area is 171 Å². The lowest BCUT2D eigenvalue weighted by molar-refractivity contribution is 0.185. The van der Waals surface area contributed by atoms with Gasteiger partial charge in [0.15, 0.2) is 5.96 Å². The molecule has 3 rings (SSSR count). The first-order chi connectivity index (χ1) is 14.0. The number of nitrogens with zero attached hydrogens (tertiary/aromatic N) is 2. The maximum Gasteiger partial charge on any atom is 0.219 e. The first-order valence-corrected chi connectivity index (χ1v) is 9.39. The van der Waals surface area contributed by atoms with Crippen molar-refractivity contribution in [2.45, 2.75) is 27.0 Å². The van der Waals surface area contributed by atoms with Crippen molar-refractivity contribution in [2.75, 3.05) is 12.4 Å². The molecule has 3 N–H and O–H groups in total. The van der Waals surface area contributed by atoms with Gasteiger partial charge in [-0.3, -0.25) is 0 Å². The molecular formula is C23H26N4O2. The van der Waals surface area contributed by atoms with Gasteiger partial charge in [-0.1, -0.05) is 24.3 Å². The quantitative estimate of drug-likeness (QED) is 0.456. The molecule has 2 aromatic carbocycles. The van der Waals surface area contributed by atoms with Crippen LogP contribution in [0, 0.1) is 13.8 Å². The van der Waals surface area contributed by atoms with Crippen LogP contribution in [-0.4, -0.2) is 18.1 Å². The van der Waals surface area contributed by atoms with Gasteiger partial charge in [0, 0.05) is 30.6 Å². The molecule has 0 amide bonds. The highest BCUT2D eigenvalue weighted by Crippen LogP contribution is 2.23. The molecule has 0 saturated heterocycles. The maximum atomic E-state index is 6.06. The molecule has 0 aliphatic heterocycles. The molecule has 0 fully saturated rings. The number of hydrogen-bond acceptors (Lipinski definition) is 4. The van der Waals surface area contributed by atoms with Crippen LogP contribution in [0.25, 0.3) is 0 Å². The van der Waals surface area contributed by atoms with Crippen molar-refractivity contribution in [3.8, 4) is 11.6 Å². The summed E-state index contributed by atoms with van der Waals surface area (Å²) in [5.41, 5.74) is 11.3. The van der Waals surface area contributed by atoms with Crippen molar-refractivity contribution < 1.29 is 9.47 Å². The molecule has 6 heteroatoms. The minimum atomic E-state index is 0.335. The van der Waals surface area contributed by atoms with Crippen LogP contribution >= 0.6 is 0 Å². The van der Waals surface area contributed by atoms with Gasteiger partial charge in [-0.25, -0.2) is 9.98 Å². The Bertz CT molecular complexity index is 1000. The number of nitrogens with one attached hydrogen (secondary N) is 1. The Morgan fingerprint density at radius 3 is 2.69 bits per heavy atom. The lowest BCUT2D eigenvalue weighted by atomic mass is 10.1. The highest BCUT2D eigenvalue weighted by molar-refractivity contribution is 5.92. The van der Waals surface area contributed by atoms with Gasteiger partial charge in [0.25, 0.3) is 0 Å². The van der Waals surface area contributed by atoms with Crippen molar-refractivity contribution >= 4 is 11.6 Å². The number of rotatable bonds is 7. The van der Waals surface area contributed by atoms with Crippen molar-refractivity contribution in [3.63, 3.8) is 0 Å². The number of para-hydroxylation sites is 1. The van der Waals surface area contributed by atoms with Gasteiger partial charge in [0.1, 0.15) is 5.75 Å². The SMILES string of the molecule is COCc1ccccc1NC(N)=NCc1ccnc(Oc2ccc(C)c(C)c2)c1. The molecular weight excluding hydrogens is 364 g/mol. The Balaban J connectivity index is 1.66. The summed E-state index contributed by atoms with van der Waals surface area (Å²) >= 11 is 0. The number of hydrogen-bond donors (Lipinski definition) is 2. The number of guanidine groups is 1. The second-order valence-electron chi connectivity index (χ2n) is 6.77. The summed E-state index contributed by atoms with van der Waals surface area (Å²) in [4.78, 5) is 8.71. The molecule has 3 aromatic rings. The molecule has 0 saturated carbocycles. The molecule has 0 unspecified atom stereocenters. The first kappa shape index (κ1) is 20.4. The molecule has 150 valence electrons. The van der Waals surface area contributed by atoms with Gasteiger partial charge in [-0.15, -0.1) is 0 Å². The van der Waals surface area contributed by atoms with E-state index in [1.807, 2.05) is 54.6 Å². The van der Waals surface area contributed by atoms with Crippen molar-refractivity contribution in [1.82, 2.24) is 4.98 Å². The number of anilines is 1. The second-order valence-corrected chi connectivity index (χ2v) is 6.77. The number of methoxy groups -OCH3 is 1. The number of pyridine rings is 1. The van der Waals surface area contributed by atoms with E-state index in [2.05, 4.69) is 29.1 Å². The molecule has 0 bridgehead atoms. The van der Waals surface area contributed by atoms with E-state index in [1.54, 1.807) is 13.3 Å². The number of aromatic nitrogens is 1. The van der Waals surface area contributed by atoms with Gasteiger partial charge < -0.3 is 20.5 Å². The summed E-state index contributed by atoms with van der Waals surface area (Å²) in [5, 5.41) is 3.13. The summed E-state index contributed by atoms with van der Waals surface area (Å²) in [6.07, 6.45) is 1.71. The van der Waals surface area contributed by atoms with Gasteiger partial charge in [0.2, 0.25) is 5.88 Å². The summed E-state index contributed by atoms with van der Waals surface area (Å²) < 4.78 is 11.1. The highest BCUT2D eigenvalue weighted by atomic mass is 16.5. The molecule has 29 heavy (non-hydrogen) atoms. The van der Waals surface area contributed by atoms with Gasteiger partial charge in [-0.2, -0.15) is 0 Å². The predicted molar refractivity (Wildman–Crippen MR) is 116 cm³/mol. The largest absolute Gasteiger partial charge is 0.439 e. The molecule has 0 aliphatic rings. The Morgan fingerprint density at radius 2 is 1.90 bits per heavy atom. The number of benzene rings is 2. The van der Waals surface area contributed by atoms with E-state index in [-0.39, 0.29) is 0 Å². The number of ether oxygens (including phenoxy) is 2. The number of nitrogens with two attached hydrogens (primary N) is 1. The normalized spacial score (nSPS) is 11.3. The van der Waals surface area contributed by atoms with Crippen LogP contribution in [0.1, 0.15) is 22.3 Å². The van der Waals surface area contributed by atoms with Crippen molar-refractivity contribution in [3.05, 3.63) is 83.0 Å². The molecule has 0 spiro atoms. The summed E-state index contributed by atoms with van der Waals surface area (Å²) in [5.74, 6) is 1.62. The van der Waals surface area contributed by atoms with E-state index in [0.717, 1.165) is 22.6 Å². The zero-order valence-corrected chi connectivity index (χ0v) is 17.0. The molecule has 0 aliphatic carbocycles. The number of aryl methyl sites for hydroxylation is 2. The van der Waals surface area contributed by atoms with E-state index in [4.69, 9.17) is 15.2 Å². The van der Waals surface area contributed by atoms with Crippen LogP contribution in [0.5, 0.6) is 11.6 Å².